The number of ketones is 1. The fourth-order valence-electron chi connectivity index (χ4n) is 4.38. The monoisotopic (exact) mass is 417 g/mol. The first-order valence-electron chi connectivity index (χ1n) is 10.5. The molecular formula is C24H27N5O2. The van der Waals surface area contributed by atoms with Gasteiger partial charge in [0.05, 0.1) is 43.0 Å². The Bertz CT molecular complexity index is 1140. The first kappa shape index (κ1) is 21.0. The number of carbonyl (C=O) groups excluding carboxylic acids is 1. The van der Waals surface area contributed by atoms with Crippen LogP contribution in [-0.2, 0) is 0 Å². The number of carbonyl (C=O) groups is 1. The van der Waals surface area contributed by atoms with E-state index < -0.39 is 0 Å². The van der Waals surface area contributed by atoms with E-state index in [1.807, 2.05) is 29.7 Å². The molecule has 0 amide bonds. The lowest BCUT2D eigenvalue weighted by molar-refractivity contribution is 0.0898. The maximum absolute atomic E-state index is 13.4. The summed E-state index contributed by atoms with van der Waals surface area (Å²) in [7, 11) is 1.60. The van der Waals surface area contributed by atoms with Gasteiger partial charge >= 0.3 is 0 Å². The largest absolute Gasteiger partial charge is 0.495 e. The Morgan fingerprint density at radius 3 is 2.61 bits per heavy atom. The highest BCUT2D eigenvalue weighted by atomic mass is 16.5. The van der Waals surface area contributed by atoms with Gasteiger partial charge in [-0.15, -0.1) is 0 Å². The SMILES string of the molecule is [C-]#[N+]c1ccc(-n2c(C)c(C(=O)CN3CCC(CN)CC3)c3ncc(OC)cc32)cc1. The lowest BCUT2D eigenvalue weighted by Crippen LogP contribution is -2.39. The number of hydrogen-bond donors (Lipinski definition) is 1. The van der Waals surface area contributed by atoms with E-state index in [1.54, 1.807) is 25.4 Å². The number of aromatic nitrogens is 2. The maximum Gasteiger partial charge on any atom is 0.187 e. The molecule has 2 N–H and O–H groups in total. The number of likely N-dealkylation sites (tertiary alicyclic amines) is 1. The molecule has 3 heterocycles. The Morgan fingerprint density at radius 1 is 1.29 bits per heavy atom. The van der Waals surface area contributed by atoms with E-state index in [0.717, 1.165) is 42.8 Å². The van der Waals surface area contributed by atoms with Crippen LogP contribution in [0, 0.1) is 19.4 Å². The molecule has 2 aromatic heterocycles. The Morgan fingerprint density at radius 2 is 2.00 bits per heavy atom. The Kier molecular flexibility index (Phi) is 6.03. The standard InChI is InChI=1S/C24H27N5O2/c1-16-23(22(30)15-28-10-8-17(13-25)9-11-28)24-21(12-20(31-3)14-27-24)29(16)19-6-4-18(26-2)5-7-19/h4-7,12,14,17H,8-11,13,15,25H2,1,3H3. The summed E-state index contributed by atoms with van der Waals surface area (Å²) in [5, 5.41) is 0. The molecule has 31 heavy (non-hydrogen) atoms. The molecule has 1 aliphatic rings. The number of nitrogens with two attached hydrogens (primary N) is 1. The predicted octanol–water partition coefficient (Wildman–Crippen LogP) is 3.75. The van der Waals surface area contributed by atoms with E-state index in [1.165, 1.54) is 0 Å². The van der Waals surface area contributed by atoms with Gasteiger partial charge in [-0.25, -0.2) is 9.83 Å². The molecule has 0 unspecified atom stereocenters. The lowest BCUT2D eigenvalue weighted by atomic mass is 9.96. The number of fused-ring (bicyclic) bond motifs is 1. The number of Topliss-reactive ketones (excluding diaryl/α,β-unsaturated/α-hetero) is 1. The molecule has 7 nitrogen and oxygen atoms in total. The van der Waals surface area contributed by atoms with Crippen molar-refractivity contribution in [2.75, 3.05) is 33.3 Å². The summed E-state index contributed by atoms with van der Waals surface area (Å²) in [6.07, 6.45) is 3.72. The minimum absolute atomic E-state index is 0.0721. The van der Waals surface area contributed by atoms with Gasteiger partial charge in [0.2, 0.25) is 0 Å². The molecule has 0 atom stereocenters. The molecule has 0 saturated carbocycles. The topological polar surface area (TPSA) is 77.7 Å². The molecule has 0 bridgehead atoms. The van der Waals surface area contributed by atoms with Crippen molar-refractivity contribution in [1.29, 1.82) is 0 Å². The van der Waals surface area contributed by atoms with Crippen molar-refractivity contribution in [1.82, 2.24) is 14.5 Å². The third-order valence-corrected chi connectivity index (χ3v) is 6.18. The summed E-state index contributed by atoms with van der Waals surface area (Å²) in [4.78, 5) is 23.7. The third kappa shape index (κ3) is 4.05. The molecule has 3 aromatic rings. The van der Waals surface area contributed by atoms with Crippen molar-refractivity contribution in [3.05, 3.63) is 59.2 Å². The molecule has 1 fully saturated rings. The number of benzene rings is 1. The zero-order chi connectivity index (χ0) is 22.0. The number of hydrogen-bond acceptors (Lipinski definition) is 5. The van der Waals surface area contributed by atoms with Crippen LogP contribution in [-0.4, -0.2) is 53.5 Å². The van der Waals surface area contributed by atoms with Crippen molar-refractivity contribution in [2.24, 2.45) is 11.7 Å². The molecule has 1 aromatic carbocycles. The molecule has 0 spiro atoms. The van der Waals surface area contributed by atoms with Crippen LogP contribution in [0.1, 0.15) is 28.9 Å². The van der Waals surface area contributed by atoms with E-state index in [9.17, 15) is 4.79 Å². The number of rotatable bonds is 6. The van der Waals surface area contributed by atoms with E-state index >= 15 is 0 Å². The quantitative estimate of drug-likeness (QED) is 0.488. The minimum Gasteiger partial charge on any atom is -0.495 e. The van der Waals surface area contributed by atoms with Crippen molar-refractivity contribution >= 4 is 22.5 Å². The fourth-order valence-corrected chi connectivity index (χ4v) is 4.38. The smallest absolute Gasteiger partial charge is 0.187 e. The number of pyridine rings is 1. The first-order chi connectivity index (χ1) is 15.0. The predicted molar refractivity (Wildman–Crippen MR) is 121 cm³/mol. The second kappa shape index (κ2) is 8.88. The van der Waals surface area contributed by atoms with Gasteiger partial charge in [-0.3, -0.25) is 9.69 Å². The van der Waals surface area contributed by atoms with Crippen LogP contribution in [0.15, 0.2) is 36.5 Å². The molecule has 1 saturated heterocycles. The normalized spacial score (nSPS) is 15.2. The van der Waals surface area contributed by atoms with E-state index in [4.69, 9.17) is 17.0 Å². The van der Waals surface area contributed by atoms with Gasteiger partial charge in [-0.2, -0.15) is 0 Å². The summed E-state index contributed by atoms with van der Waals surface area (Å²) >= 11 is 0. The average Bonchev–Trinajstić information content (AvgIpc) is 3.10. The fraction of sp³-hybridized carbons (Fsp3) is 0.375. The zero-order valence-electron chi connectivity index (χ0n) is 18.0. The molecule has 0 aliphatic carbocycles. The van der Waals surface area contributed by atoms with Gasteiger partial charge < -0.3 is 15.0 Å². The van der Waals surface area contributed by atoms with Crippen LogP contribution in [0.4, 0.5) is 5.69 Å². The van der Waals surface area contributed by atoms with Crippen LogP contribution in [0.25, 0.3) is 21.6 Å². The second-order valence-electron chi connectivity index (χ2n) is 8.05. The molecule has 1 aliphatic heterocycles. The highest BCUT2D eigenvalue weighted by Gasteiger charge is 2.26. The first-order valence-corrected chi connectivity index (χ1v) is 10.5. The van der Waals surface area contributed by atoms with Crippen molar-refractivity contribution in [3.8, 4) is 11.4 Å². The molecule has 0 radical (unpaired) electrons. The van der Waals surface area contributed by atoms with Crippen LogP contribution in [0.5, 0.6) is 5.75 Å². The summed E-state index contributed by atoms with van der Waals surface area (Å²) in [6.45, 7) is 12.0. The van der Waals surface area contributed by atoms with Gasteiger partial charge in [-0.05, 0) is 57.5 Å². The van der Waals surface area contributed by atoms with Gasteiger partial charge in [0, 0.05) is 17.4 Å². The van der Waals surface area contributed by atoms with Crippen LogP contribution >= 0.6 is 0 Å². The maximum atomic E-state index is 13.4. The molecule has 160 valence electrons. The highest BCUT2D eigenvalue weighted by molar-refractivity contribution is 6.09. The number of nitrogens with zero attached hydrogens (tertiary/aromatic N) is 4. The van der Waals surface area contributed by atoms with Crippen LogP contribution in [0.3, 0.4) is 0 Å². The van der Waals surface area contributed by atoms with Crippen molar-refractivity contribution in [2.45, 2.75) is 19.8 Å². The molecule has 4 rings (SSSR count). The zero-order valence-corrected chi connectivity index (χ0v) is 18.0. The average molecular weight is 418 g/mol. The molecule has 7 heteroatoms. The second-order valence-corrected chi connectivity index (χ2v) is 8.05. The molecular weight excluding hydrogens is 390 g/mol. The van der Waals surface area contributed by atoms with Gasteiger partial charge in [0.15, 0.2) is 11.5 Å². The number of piperidine rings is 1. The third-order valence-electron chi connectivity index (χ3n) is 6.18. The summed E-state index contributed by atoms with van der Waals surface area (Å²) in [5.41, 5.74) is 10.2. The minimum atomic E-state index is 0.0721. The summed E-state index contributed by atoms with van der Waals surface area (Å²) in [5.74, 6) is 1.26. The van der Waals surface area contributed by atoms with Crippen molar-refractivity contribution in [3.63, 3.8) is 0 Å². The van der Waals surface area contributed by atoms with Gasteiger partial charge in [-0.1, -0.05) is 12.1 Å². The van der Waals surface area contributed by atoms with Crippen molar-refractivity contribution < 1.29 is 9.53 Å². The van der Waals surface area contributed by atoms with Crippen LogP contribution in [0.2, 0.25) is 0 Å². The lowest BCUT2D eigenvalue weighted by Gasteiger charge is -2.30. The Labute approximate surface area is 182 Å². The van der Waals surface area contributed by atoms with E-state index in [0.29, 0.717) is 41.5 Å². The number of ether oxygens (including phenoxy) is 1. The van der Waals surface area contributed by atoms with E-state index in [-0.39, 0.29) is 5.78 Å². The highest BCUT2D eigenvalue weighted by Crippen LogP contribution is 2.31. The Hall–Kier alpha value is -3.21. The number of methoxy groups -OCH3 is 1. The van der Waals surface area contributed by atoms with E-state index in [2.05, 4.69) is 14.7 Å². The van der Waals surface area contributed by atoms with Crippen LogP contribution < -0.4 is 10.5 Å². The Balaban J connectivity index is 1.74. The van der Waals surface area contributed by atoms with Gasteiger partial charge in [0.1, 0.15) is 5.75 Å². The summed E-state index contributed by atoms with van der Waals surface area (Å²) in [6, 6.07) is 9.26. The summed E-state index contributed by atoms with van der Waals surface area (Å²) < 4.78 is 7.40. The van der Waals surface area contributed by atoms with Gasteiger partial charge in [0.25, 0.3) is 0 Å².